The number of hydrogen-bond acceptors (Lipinski definition) is 6. The number of aromatic nitrogens is 4. The number of carbonyl (C=O) groups is 1. The number of nitrogens with one attached hydrogen (secondary N) is 1. The van der Waals surface area contributed by atoms with Crippen LogP contribution in [0.2, 0.25) is 0 Å². The van der Waals surface area contributed by atoms with Gasteiger partial charge >= 0.3 is 6.18 Å². The van der Waals surface area contributed by atoms with Gasteiger partial charge in [0.15, 0.2) is 18.5 Å². The maximum Gasteiger partial charge on any atom is 0.417 e. The van der Waals surface area contributed by atoms with E-state index >= 15 is 0 Å². The van der Waals surface area contributed by atoms with Gasteiger partial charge in [-0.3, -0.25) is 9.78 Å². The molecule has 2 N–H and O–H groups in total. The molecule has 0 unspecified atom stereocenters. The van der Waals surface area contributed by atoms with Gasteiger partial charge in [0.2, 0.25) is 5.88 Å². The number of ether oxygens (including phenoxy) is 1. The van der Waals surface area contributed by atoms with Crippen molar-refractivity contribution in [2.45, 2.75) is 12.4 Å². The summed E-state index contributed by atoms with van der Waals surface area (Å²) in [5.74, 6) is -1.13. The SMILES string of the molecule is Cn1nc(-c2ccncc2)c2c(C(F)(F)F)cc(OCC(=O)N[C@@H](O)c3ccccc3)nc21. The molecule has 0 saturated carbocycles. The van der Waals surface area contributed by atoms with Gasteiger partial charge in [-0.1, -0.05) is 30.3 Å². The first kappa shape index (κ1) is 22.2. The van der Waals surface area contributed by atoms with E-state index in [0.717, 1.165) is 6.07 Å². The van der Waals surface area contributed by atoms with E-state index in [1.165, 1.54) is 24.1 Å². The molecule has 8 nitrogen and oxygen atoms in total. The van der Waals surface area contributed by atoms with E-state index in [9.17, 15) is 23.1 Å². The standard InChI is InChI=1S/C22H18F3N5O3/c1-30-20-18(19(29-30)13-7-9-26-10-8-13)15(22(23,24)25)11-17(28-20)33-12-16(31)27-21(32)14-5-3-2-4-6-14/h2-11,21,32H,12H2,1H3,(H,27,31)/t21-/m0/s1. The predicted molar refractivity (Wildman–Crippen MR) is 112 cm³/mol. The van der Waals surface area contributed by atoms with Gasteiger partial charge in [-0.2, -0.15) is 23.3 Å². The Kier molecular flexibility index (Phi) is 5.97. The van der Waals surface area contributed by atoms with E-state index in [1.807, 2.05) is 0 Å². The zero-order valence-electron chi connectivity index (χ0n) is 17.2. The van der Waals surface area contributed by atoms with Crippen LogP contribution < -0.4 is 10.1 Å². The van der Waals surface area contributed by atoms with E-state index in [2.05, 4.69) is 20.4 Å². The number of pyridine rings is 2. The highest BCUT2D eigenvalue weighted by molar-refractivity contribution is 5.94. The molecule has 4 rings (SSSR count). The molecule has 170 valence electrons. The molecule has 11 heteroatoms. The second-order valence-corrected chi connectivity index (χ2v) is 7.08. The van der Waals surface area contributed by atoms with Crippen molar-refractivity contribution in [3.05, 3.63) is 72.1 Å². The minimum absolute atomic E-state index is 0.0589. The molecule has 3 aromatic heterocycles. The van der Waals surface area contributed by atoms with Crippen molar-refractivity contribution in [1.82, 2.24) is 25.1 Å². The Morgan fingerprint density at radius 2 is 1.88 bits per heavy atom. The minimum atomic E-state index is -4.73. The minimum Gasteiger partial charge on any atom is -0.467 e. The second-order valence-electron chi connectivity index (χ2n) is 7.08. The molecule has 0 bridgehead atoms. The molecule has 1 aromatic carbocycles. The third kappa shape index (κ3) is 4.77. The van der Waals surface area contributed by atoms with Crippen molar-refractivity contribution in [3.63, 3.8) is 0 Å². The molecule has 0 aliphatic heterocycles. The van der Waals surface area contributed by atoms with Crippen LogP contribution in [0.3, 0.4) is 0 Å². The van der Waals surface area contributed by atoms with Gasteiger partial charge in [0, 0.05) is 36.6 Å². The summed E-state index contributed by atoms with van der Waals surface area (Å²) in [5.41, 5.74) is -0.0531. The fourth-order valence-electron chi connectivity index (χ4n) is 3.29. The van der Waals surface area contributed by atoms with Crippen molar-refractivity contribution in [1.29, 1.82) is 0 Å². The molecular weight excluding hydrogens is 439 g/mol. The Bertz CT molecular complexity index is 1280. The number of benzene rings is 1. The van der Waals surface area contributed by atoms with Crippen LogP contribution in [0.15, 0.2) is 60.9 Å². The fourth-order valence-corrected chi connectivity index (χ4v) is 3.29. The maximum atomic E-state index is 13.9. The van der Waals surface area contributed by atoms with Crippen LogP contribution in [0.5, 0.6) is 5.88 Å². The van der Waals surface area contributed by atoms with Crippen LogP contribution in [0.4, 0.5) is 13.2 Å². The van der Waals surface area contributed by atoms with Crippen LogP contribution >= 0.6 is 0 Å². The normalized spacial score (nSPS) is 12.5. The Hall–Kier alpha value is -3.99. The summed E-state index contributed by atoms with van der Waals surface area (Å²) in [4.78, 5) is 20.1. The Morgan fingerprint density at radius 1 is 1.18 bits per heavy atom. The summed E-state index contributed by atoms with van der Waals surface area (Å²) >= 11 is 0. The topological polar surface area (TPSA) is 102 Å². The molecule has 33 heavy (non-hydrogen) atoms. The van der Waals surface area contributed by atoms with E-state index < -0.39 is 36.4 Å². The summed E-state index contributed by atoms with van der Waals surface area (Å²) in [5, 5.41) is 16.4. The van der Waals surface area contributed by atoms with Crippen LogP contribution in [0.1, 0.15) is 17.4 Å². The Labute approximate surface area is 185 Å². The molecule has 3 heterocycles. The van der Waals surface area contributed by atoms with E-state index in [-0.39, 0.29) is 16.7 Å². The molecule has 4 aromatic rings. The third-order valence-electron chi connectivity index (χ3n) is 4.79. The molecule has 1 atom stereocenters. The number of aliphatic hydroxyl groups excluding tert-OH is 1. The number of nitrogens with zero attached hydrogens (tertiary/aromatic N) is 4. The zero-order valence-corrected chi connectivity index (χ0v) is 17.2. The van der Waals surface area contributed by atoms with Gasteiger partial charge < -0.3 is 15.2 Å². The van der Waals surface area contributed by atoms with E-state index in [4.69, 9.17) is 4.74 Å². The fraction of sp³-hybridized carbons (Fsp3) is 0.182. The smallest absolute Gasteiger partial charge is 0.417 e. The zero-order chi connectivity index (χ0) is 23.6. The Morgan fingerprint density at radius 3 is 2.55 bits per heavy atom. The summed E-state index contributed by atoms with van der Waals surface area (Å²) in [6.07, 6.45) is -3.11. The lowest BCUT2D eigenvalue weighted by molar-refractivity contribution is -0.136. The molecule has 0 spiro atoms. The van der Waals surface area contributed by atoms with Crippen molar-refractivity contribution in [2.24, 2.45) is 7.05 Å². The highest BCUT2D eigenvalue weighted by Gasteiger charge is 2.36. The van der Waals surface area contributed by atoms with E-state index in [1.54, 1.807) is 42.5 Å². The summed E-state index contributed by atoms with van der Waals surface area (Å²) in [7, 11) is 1.47. The van der Waals surface area contributed by atoms with Crippen molar-refractivity contribution in [3.8, 4) is 17.1 Å². The highest BCUT2D eigenvalue weighted by atomic mass is 19.4. The summed E-state index contributed by atoms with van der Waals surface area (Å²) < 4.78 is 48.2. The van der Waals surface area contributed by atoms with Gasteiger partial charge in [-0.15, -0.1) is 0 Å². The monoisotopic (exact) mass is 457 g/mol. The maximum absolute atomic E-state index is 13.9. The van der Waals surface area contributed by atoms with Crippen molar-refractivity contribution >= 4 is 16.9 Å². The largest absolute Gasteiger partial charge is 0.467 e. The second kappa shape index (κ2) is 8.87. The number of aliphatic hydroxyl groups is 1. The number of alkyl halides is 3. The number of hydrogen-bond donors (Lipinski definition) is 2. The lowest BCUT2D eigenvalue weighted by Crippen LogP contribution is -2.32. The van der Waals surface area contributed by atoms with Crippen molar-refractivity contribution in [2.75, 3.05) is 6.61 Å². The number of fused-ring (bicyclic) bond motifs is 1. The number of halogens is 3. The number of amides is 1. The van der Waals surface area contributed by atoms with Crippen LogP contribution in [0.25, 0.3) is 22.3 Å². The molecule has 0 aliphatic carbocycles. The quantitative estimate of drug-likeness (QED) is 0.431. The number of rotatable bonds is 6. The molecule has 0 fully saturated rings. The molecular formula is C22H18F3N5O3. The average molecular weight is 457 g/mol. The lowest BCUT2D eigenvalue weighted by atomic mass is 10.1. The summed E-state index contributed by atoms with van der Waals surface area (Å²) in [6, 6.07) is 12.2. The average Bonchev–Trinajstić information content (AvgIpc) is 3.14. The molecule has 0 saturated heterocycles. The predicted octanol–water partition coefficient (Wildman–Crippen LogP) is 3.24. The number of carbonyl (C=O) groups excluding carboxylic acids is 1. The first-order valence-electron chi connectivity index (χ1n) is 9.74. The summed E-state index contributed by atoms with van der Waals surface area (Å²) in [6.45, 7) is -0.644. The molecule has 1 amide bonds. The van der Waals surface area contributed by atoms with Gasteiger partial charge in [-0.25, -0.2) is 4.68 Å². The first-order chi connectivity index (χ1) is 15.7. The molecule has 0 radical (unpaired) electrons. The van der Waals surface area contributed by atoms with Gasteiger partial charge in [-0.05, 0) is 12.1 Å². The van der Waals surface area contributed by atoms with Gasteiger partial charge in [0.25, 0.3) is 5.91 Å². The highest BCUT2D eigenvalue weighted by Crippen LogP contribution is 2.40. The van der Waals surface area contributed by atoms with Crippen LogP contribution in [-0.2, 0) is 18.0 Å². The first-order valence-corrected chi connectivity index (χ1v) is 9.74. The third-order valence-corrected chi connectivity index (χ3v) is 4.79. The van der Waals surface area contributed by atoms with Crippen molar-refractivity contribution < 1.29 is 27.8 Å². The lowest BCUT2D eigenvalue weighted by Gasteiger charge is -2.14. The van der Waals surface area contributed by atoms with Gasteiger partial charge in [0.05, 0.1) is 10.9 Å². The Balaban J connectivity index is 1.61. The van der Waals surface area contributed by atoms with E-state index in [0.29, 0.717) is 11.1 Å². The number of aryl methyl sites for hydroxylation is 1. The van der Waals surface area contributed by atoms with Gasteiger partial charge in [0.1, 0.15) is 5.69 Å². The molecule has 0 aliphatic rings. The van der Waals surface area contributed by atoms with Crippen LogP contribution in [-0.4, -0.2) is 37.4 Å². The van der Waals surface area contributed by atoms with Crippen LogP contribution in [0, 0.1) is 0 Å².